The van der Waals surface area contributed by atoms with E-state index in [0.29, 0.717) is 24.2 Å². The summed E-state index contributed by atoms with van der Waals surface area (Å²) in [5.74, 6) is -5.01. The van der Waals surface area contributed by atoms with E-state index in [1.807, 2.05) is 18.5 Å². The number of aryl methyl sites for hydroxylation is 1. The van der Waals surface area contributed by atoms with Gasteiger partial charge >= 0.3 is 0 Å². The second-order valence-electron chi connectivity index (χ2n) is 6.35. The van der Waals surface area contributed by atoms with Crippen LogP contribution in [0.4, 0.5) is 18.9 Å². The monoisotopic (exact) mass is 428 g/mol. The fraction of sp³-hybridized carbons (Fsp3) is 0.0952. The van der Waals surface area contributed by atoms with Crippen molar-refractivity contribution < 1.29 is 18.0 Å². The first kappa shape index (κ1) is 19.8. The third-order valence-electron chi connectivity index (χ3n) is 4.47. The van der Waals surface area contributed by atoms with Crippen LogP contribution in [0.3, 0.4) is 0 Å². The first-order valence-electron chi connectivity index (χ1n) is 9.01. The van der Waals surface area contributed by atoms with E-state index in [9.17, 15) is 18.0 Å². The van der Waals surface area contributed by atoms with Crippen molar-refractivity contribution in [3.63, 3.8) is 0 Å². The van der Waals surface area contributed by atoms with Crippen LogP contribution >= 0.6 is 11.3 Å². The molecule has 5 nitrogen and oxygen atoms in total. The molecule has 2 heterocycles. The number of nitrogens with zero attached hydrogens (tertiary/aromatic N) is 3. The van der Waals surface area contributed by atoms with Crippen molar-refractivity contribution in [3.05, 3.63) is 82.9 Å². The Labute approximate surface area is 173 Å². The molecule has 4 aromatic rings. The minimum atomic E-state index is -1.52. The van der Waals surface area contributed by atoms with Gasteiger partial charge in [0.15, 0.2) is 11.6 Å². The maximum Gasteiger partial charge on any atom is 0.261 e. The first-order chi connectivity index (χ1) is 14.5. The lowest BCUT2D eigenvalue weighted by atomic mass is 10.0. The van der Waals surface area contributed by atoms with Gasteiger partial charge in [-0.3, -0.25) is 4.79 Å². The molecule has 4 rings (SSSR count). The highest BCUT2D eigenvalue weighted by atomic mass is 32.1. The molecule has 0 bridgehead atoms. The average Bonchev–Trinajstić information content (AvgIpc) is 3.41. The molecule has 0 unspecified atom stereocenters. The molecule has 152 valence electrons. The first-order valence-corrected chi connectivity index (χ1v) is 9.89. The SMILES string of the molecule is CCc1nn(-c2nccs2)cc1-c1ccc(NC(=O)c2c(F)ccc(F)c2F)cc1. The van der Waals surface area contributed by atoms with Crippen molar-refractivity contribution >= 4 is 22.9 Å². The molecular weight excluding hydrogens is 413 g/mol. The summed E-state index contributed by atoms with van der Waals surface area (Å²) in [6.45, 7) is 1.99. The Morgan fingerprint density at radius 3 is 2.50 bits per heavy atom. The molecular formula is C21H15F3N4OS. The molecule has 0 radical (unpaired) electrons. The predicted octanol–water partition coefficient (Wildman–Crippen LogP) is 5.23. The lowest BCUT2D eigenvalue weighted by Gasteiger charge is -2.08. The number of nitrogens with one attached hydrogen (secondary N) is 1. The van der Waals surface area contributed by atoms with Gasteiger partial charge in [0, 0.05) is 29.0 Å². The van der Waals surface area contributed by atoms with Crippen LogP contribution in [0, 0.1) is 17.5 Å². The number of aromatic nitrogens is 3. The second kappa shape index (κ2) is 8.11. The van der Waals surface area contributed by atoms with Crippen molar-refractivity contribution in [2.45, 2.75) is 13.3 Å². The Morgan fingerprint density at radius 2 is 1.83 bits per heavy atom. The Balaban J connectivity index is 1.58. The van der Waals surface area contributed by atoms with Crippen LogP contribution in [-0.4, -0.2) is 20.7 Å². The Morgan fingerprint density at radius 1 is 1.10 bits per heavy atom. The van der Waals surface area contributed by atoms with Gasteiger partial charge in [0.2, 0.25) is 5.13 Å². The highest BCUT2D eigenvalue weighted by Gasteiger charge is 2.21. The Kier molecular flexibility index (Phi) is 5.37. The maximum atomic E-state index is 13.8. The van der Waals surface area contributed by atoms with Crippen LogP contribution in [0.15, 0.2) is 54.2 Å². The predicted molar refractivity (Wildman–Crippen MR) is 108 cm³/mol. The van der Waals surface area contributed by atoms with Gasteiger partial charge in [-0.25, -0.2) is 22.8 Å². The van der Waals surface area contributed by atoms with Crippen molar-refractivity contribution in [2.75, 3.05) is 5.32 Å². The van der Waals surface area contributed by atoms with E-state index in [0.717, 1.165) is 22.0 Å². The Hall–Kier alpha value is -3.46. The van der Waals surface area contributed by atoms with Gasteiger partial charge in [0.1, 0.15) is 11.4 Å². The molecule has 0 saturated carbocycles. The zero-order valence-corrected chi connectivity index (χ0v) is 16.5. The van der Waals surface area contributed by atoms with E-state index in [-0.39, 0.29) is 0 Å². The largest absolute Gasteiger partial charge is 0.322 e. The number of hydrogen-bond acceptors (Lipinski definition) is 4. The third-order valence-corrected chi connectivity index (χ3v) is 5.23. The van der Waals surface area contributed by atoms with Crippen molar-refractivity contribution in [1.29, 1.82) is 0 Å². The number of thiazole rings is 1. The van der Waals surface area contributed by atoms with Gasteiger partial charge in [-0.15, -0.1) is 11.3 Å². The van der Waals surface area contributed by atoms with Crippen LogP contribution in [0.25, 0.3) is 16.3 Å². The molecule has 0 aliphatic carbocycles. The molecule has 0 fully saturated rings. The van der Waals surface area contributed by atoms with Crippen LogP contribution in [0.2, 0.25) is 0 Å². The minimum Gasteiger partial charge on any atom is -0.322 e. The van der Waals surface area contributed by atoms with Gasteiger partial charge < -0.3 is 5.32 Å². The van der Waals surface area contributed by atoms with Gasteiger partial charge in [-0.2, -0.15) is 5.10 Å². The number of halogens is 3. The maximum absolute atomic E-state index is 13.8. The number of benzene rings is 2. The zero-order valence-electron chi connectivity index (χ0n) is 15.7. The molecule has 30 heavy (non-hydrogen) atoms. The van der Waals surface area contributed by atoms with E-state index in [2.05, 4.69) is 15.4 Å². The van der Waals surface area contributed by atoms with Gasteiger partial charge in [-0.05, 0) is 36.2 Å². The summed E-state index contributed by atoms with van der Waals surface area (Å²) in [5.41, 5.74) is 2.00. The summed E-state index contributed by atoms with van der Waals surface area (Å²) in [7, 11) is 0. The second-order valence-corrected chi connectivity index (χ2v) is 7.22. The van der Waals surface area contributed by atoms with E-state index in [1.165, 1.54) is 11.3 Å². The van der Waals surface area contributed by atoms with Crippen LogP contribution < -0.4 is 5.32 Å². The summed E-state index contributed by atoms with van der Waals surface area (Å²) in [5, 5.41) is 9.56. The standard InChI is InChI=1S/C21H15F3N4OS/c1-2-17-14(11-28(27-17)21-25-9-10-30-21)12-3-5-13(6-4-12)26-20(29)18-15(22)7-8-16(23)19(18)24/h3-11H,2H2,1H3,(H,26,29). The molecule has 1 amide bonds. The zero-order chi connectivity index (χ0) is 21.3. The molecule has 2 aromatic heterocycles. The number of amides is 1. The molecule has 0 aliphatic rings. The van der Waals surface area contributed by atoms with Crippen LogP contribution in [0.1, 0.15) is 23.0 Å². The number of carbonyl (C=O) groups is 1. The lowest BCUT2D eigenvalue weighted by Crippen LogP contribution is -2.16. The quantitative estimate of drug-likeness (QED) is 0.443. The van der Waals surface area contributed by atoms with E-state index >= 15 is 0 Å². The molecule has 0 aliphatic heterocycles. The van der Waals surface area contributed by atoms with Gasteiger partial charge in [-0.1, -0.05) is 19.1 Å². The van der Waals surface area contributed by atoms with Crippen molar-refractivity contribution in [2.24, 2.45) is 0 Å². The van der Waals surface area contributed by atoms with E-state index in [4.69, 9.17) is 0 Å². The van der Waals surface area contributed by atoms with Crippen molar-refractivity contribution in [1.82, 2.24) is 14.8 Å². The third kappa shape index (κ3) is 3.71. The topological polar surface area (TPSA) is 59.8 Å². The van der Waals surface area contributed by atoms with Crippen LogP contribution in [-0.2, 0) is 6.42 Å². The number of rotatable bonds is 5. The summed E-state index contributed by atoms with van der Waals surface area (Å²) < 4.78 is 42.7. The van der Waals surface area contributed by atoms with Crippen LogP contribution in [0.5, 0.6) is 0 Å². The van der Waals surface area contributed by atoms with Gasteiger partial charge in [0.25, 0.3) is 5.91 Å². The number of carbonyl (C=O) groups excluding carboxylic acids is 1. The number of hydrogen-bond donors (Lipinski definition) is 1. The lowest BCUT2D eigenvalue weighted by molar-refractivity contribution is 0.101. The van der Waals surface area contributed by atoms with E-state index < -0.39 is 28.9 Å². The highest BCUT2D eigenvalue weighted by Crippen LogP contribution is 2.27. The summed E-state index contributed by atoms with van der Waals surface area (Å²) >= 11 is 1.47. The smallest absolute Gasteiger partial charge is 0.261 e. The molecule has 0 spiro atoms. The van der Waals surface area contributed by atoms with Gasteiger partial charge in [0.05, 0.1) is 5.69 Å². The number of anilines is 1. The Bertz CT molecular complexity index is 1200. The molecule has 1 N–H and O–H groups in total. The fourth-order valence-electron chi connectivity index (χ4n) is 3.00. The molecule has 9 heteroatoms. The minimum absolute atomic E-state index is 0.317. The highest BCUT2D eigenvalue weighted by molar-refractivity contribution is 7.12. The fourth-order valence-corrected chi connectivity index (χ4v) is 3.57. The average molecular weight is 428 g/mol. The summed E-state index contributed by atoms with van der Waals surface area (Å²) in [6.07, 6.45) is 4.29. The molecule has 2 aromatic carbocycles. The molecule has 0 atom stereocenters. The summed E-state index contributed by atoms with van der Waals surface area (Å²) in [4.78, 5) is 16.5. The molecule has 0 saturated heterocycles. The van der Waals surface area contributed by atoms with Crippen molar-refractivity contribution in [3.8, 4) is 16.3 Å². The normalized spacial score (nSPS) is 10.9. The van der Waals surface area contributed by atoms with E-state index in [1.54, 1.807) is 35.1 Å². The summed E-state index contributed by atoms with van der Waals surface area (Å²) in [6, 6.07) is 8.06.